The predicted molar refractivity (Wildman–Crippen MR) is 102 cm³/mol. The summed E-state index contributed by atoms with van der Waals surface area (Å²) in [5.41, 5.74) is 1.36. The van der Waals surface area contributed by atoms with Gasteiger partial charge in [0.1, 0.15) is 11.6 Å². The van der Waals surface area contributed by atoms with Gasteiger partial charge in [-0.3, -0.25) is 0 Å². The molecule has 0 unspecified atom stereocenters. The molecule has 0 radical (unpaired) electrons. The van der Waals surface area contributed by atoms with Crippen molar-refractivity contribution in [3.8, 4) is 5.75 Å². The number of hydrogen-bond acceptors (Lipinski definition) is 5. The second kappa shape index (κ2) is 7.18. The summed E-state index contributed by atoms with van der Waals surface area (Å²) in [7, 11) is 1.62. The number of para-hydroxylation sites is 1. The van der Waals surface area contributed by atoms with Crippen LogP contribution in [0.5, 0.6) is 5.75 Å². The van der Waals surface area contributed by atoms with E-state index in [9.17, 15) is 13.2 Å². The Morgan fingerprint density at radius 2 is 1.50 bits per heavy atom. The molecule has 0 amide bonds. The van der Waals surface area contributed by atoms with Crippen LogP contribution < -0.4 is 14.5 Å². The Labute approximate surface area is 160 Å². The quantitative estimate of drug-likeness (QED) is 0.679. The zero-order chi connectivity index (χ0) is 19.7. The van der Waals surface area contributed by atoms with Crippen molar-refractivity contribution in [3.63, 3.8) is 0 Å². The minimum atomic E-state index is -4.58. The molecule has 1 aliphatic rings. The van der Waals surface area contributed by atoms with E-state index in [1.807, 2.05) is 29.2 Å². The fourth-order valence-corrected chi connectivity index (χ4v) is 3.40. The van der Waals surface area contributed by atoms with Crippen molar-refractivity contribution in [2.75, 3.05) is 43.1 Å². The Bertz CT molecular complexity index is 967. The maximum atomic E-state index is 13.2. The van der Waals surface area contributed by atoms with Crippen LogP contribution in [0.1, 0.15) is 5.82 Å². The number of hydrogen-bond donors (Lipinski definition) is 0. The average molecular weight is 388 g/mol. The highest BCUT2D eigenvalue weighted by Gasteiger charge is 2.36. The topological polar surface area (TPSA) is 41.5 Å². The Morgan fingerprint density at radius 3 is 2.14 bits per heavy atom. The summed E-state index contributed by atoms with van der Waals surface area (Å²) in [5.74, 6) is 0.0283. The summed E-state index contributed by atoms with van der Waals surface area (Å²) in [6.07, 6.45) is -4.58. The summed E-state index contributed by atoms with van der Waals surface area (Å²) in [6, 6.07) is 14.6. The van der Waals surface area contributed by atoms with Crippen LogP contribution in [0.15, 0.2) is 48.5 Å². The number of halogens is 3. The number of nitrogens with zero attached hydrogens (tertiary/aromatic N) is 4. The van der Waals surface area contributed by atoms with Gasteiger partial charge in [-0.15, -0.1) is 0 Å². The SMILES string of the molecule is COc1ccc(N2CCN(c3nc(C(F)(F)F)nc4ccccc34)CC2)cc1. The summed E-state index contributed by atoms with van der Waals surface area (Å²) in [5, 5.41) is 0.633. The molecule has 3 aromatic rings. The molecule has 2 aromatic carbocycles. The predicted octanol–water partition coefficient (Wildman–Crippen LogP) is 3.98. The molecular formula is C20H19F3N4O. The minimum Gasteiger partial charge on any atom is -0.497 e. The van der Waals surface area contributed by atoms with Crippen LogP contribution >= 0.6 is 0 Å². The molecule has 146 valence electrons. The van der Waals surface area contributed by atoms with Gasteiger partial charge in [0, 0.05) is 37.3 Å². The van der Waals surface area contributed by atoms with Crippen molar-refractivity contribution in [2.45, 2.75) is 6.18 Å². The molecular weight excluding hydrogens is 369 g/mol. The number of rotatable bonds is 3. The molecule has 5 nitrogen and oxygen atoms in total. The van der Waals surface area contributed by atoms with Gasteiger partial charge < -0.3 is 14.5 Å². The van der Waals surface area contributed by atoms with Gasteiger partial charge >= 0.3 is 6.18 Å². The molecule has 28 heavy (non-hydrogen) atoms. The van der Waals surface area contributed by atoms with E-state index in [1.54, 1.807) is 31.4 Å². The van der Waals surface area contributed by atoms with E-state index in [0.29, 0.717) is 42.9 Å². The molecule has 0 saturated carbocycles. The summed E-state index contributed by atoms with van der Waals surface area (Å²) in [4.78, 5) is 11.7. The number of piperazine rings is 1. The fraction of sp³-hybridized carbons (Fsp3) is 0.300. The lowest BCUT2D eigenvalue weighted by Crippen LogP contribution is -2.47. The van der Waals surface area contributed by atoms with Crippen molar-refractivity contribution >= 4 is 22.4 Å². The average Bonchev–Trinajstić information content (AvgIpc) is 2.72. The van der Waals surface area contributed by atoms with Gasteiger partial charge in [0.15, 0.2) is 0 Å². The van der Waals surface area contributed by atoms with Gasteiger partial charge in [-0.05, 0) is 36.4 Å². The molecule has 0 bridgehead atoms. The van der Waals surface area contributed by atoms with Crippen LogP contribution in [-0.4, -0.2) is 43.3 Å². The third-order valence-electron chi connectivity index (χ3n) is 4.85. The standard InChI is InChI=1S/C20H19F3N4O/c1-28-15-8-6-14(7-9-15)26-10-12-27(13-11-26)18-16-4-2-3-5-17(16)24-19(25-18)20(21,22)23/h2-9H,10-13H2,1H3. The Hall–Kier alpha value is -3.03. The first-order chi connectivity index (χ1) is 13.5. The van der Waals surface area contributed by atoms with E-state index in [1.165, 1.54) is 0 Å². The lowest BCUT2D eigenvalue weighted by molar-refractivity contribution is -0.144. The highest BCUT2D eigenvalue weighted by atomic mass is 19.4. The van der Waals surface area contributed by atoms with Crippen LogP contribution in [0.4, 0.5) is 24.7 Å². The second-order valence-corrected chi connectivity index (χ2v) is 6.56. The van der Waals surface area contributed by atoms with E-state index in [0.717, 1.165) is 11.4 Å². The monoisotopic (exact) mass is 388 g/mol. The van der Waals surface area contributed by atoms with Crippen molar-refractivity contribution < 1.29 is 17.9 Å². The Balaban J connectivity index is 1.59. The van der Waals surface area contributed by atoms with Gasteiger partial charge in [0.25, 0.3) is 0 Å². The van der Waals surface area contributed by atoms with Crippen molar-refractivity contribution in [1.82, 2.24) is 9.97 Å². The lowest BCUT2D eigenvalue weighted by atomic mass is 10.2. The van der Waals surface area contributed by atoms with E-state index in [2.05, 4.69) is 14.9 Å². The van der Waals surface area contributed by atoms with Crippen molar-refractivity contribution in [3.05, 3.63) is 54.4 Å². The largest absolute Gasteiger partial charge is 0.497 e. The third-order valence-corrected chi connectivity index (χ3v) is 4.85. The number of anilines is 2. The molecule has 8 heteroatoms. The molecule has 1 saturated heterocycles. The second-order valence-electron chi connectivity index (χ2n) is 6.56. The van der Waals surface area contributed by atoms with Crippen LogP contribution in [0.25, 0.3) is 10.9 Å². The smallest absolute Gasteiger partial charge is 0.451 e. The van der Waals surface area contributed by atoms with Gasteiger partial charge in [-0.25, -0.2) is 9.97 Å². The van der Waals surface area contributed by atoms with Gasteiger partial charge in [-0.1, -0.05) is 12.1 Å². The molecule has 0 aliphatic carbocycles. The molecule has 0 spiro atoms. The zero-order valence-corrected chi connectivity index (χ0v) is 15.3. The molecule has 1 fully saturated rings. The van der Waals surface area contributed by atoms with Crippen LogP contribution in [0.3, 0.4) is 0 Å². The van der Waals surface area contributed by atoms with Crippen LogP contribution in [0.2, 0.25) is 0 Å². The van der Waals surface area contributed by atoms with Crippen molar-refractivity contribution in [1.29, 1.82) is 0 Å². The summed E-state index contributed by atoms with van der Waals surface area (Å²) >= 11 is 0. The van der Waals surface area contributed by atoms with E-state index >= 15 is 0 Å². The van der Waals surface area contributed by atoms with Gasteiger partial charge in [0.05, 0.1) is 12.6 Å². The van der Waals surface area contributed by atoms with Gasteiger partial charge in [-0.2, -0.15) is 13.2 Å². The summed E-state index contributed by atoms with van der Waals surface area (Å²) in [6.45, 7) is 2.52. The number of ether oxygens (including phenoxy) is 1. The molecule has 1 aliphatic heterocycles. The zero-order valence-electron chi connectivity index (χ0n) is 15.3. The highest BCUT2D eigenvalue weighted by Crippen LogP contribution is 2.32. The lowest BCUT2D eigenvalue weighted by Gasteiger charge is -2.37. The van der Waals surface area contributed by atoms with Gasteiger partial charge in [0.2, 0.25) is 5.82 Å². The van der Waals surface area contributed by atoms with E-state index in [4.69, 9.17) is 4.74 Å². The molecule has 0 atom stereocenters. The number of aromatic nitrogens is 2. The van der Waals surface area contributed by atoms with Crippen molar-refractivity contribution in [2.24, 2.45) is 0 Å². The van der Waals surface area contributed by atoms with E-state index < -0.39 is 12.0 Å². The maximum Gasteiger partial charge on any atom is 0.451 e. The number of methoxy groups -OCH3 is 1. The van der Waals surface area contributed by atoms with Crippen LogP contribution in [0, 0.1) is 0 Å². The number of alkyl halides is 3. The third kappa shape index (κ3) is 3.54. The van der Waals surface area contributed by atoms with Crippen LogP contribution in [-0.2, 0) is 6.18 Å². The first-order valence-electron chi connectivity index (χ1n) is 8.93. The normalized spacial score (nSPS) is 15.1. The fourth-order valence-electron chi connectivity index (χ4n) is 3.40. The molecule has 4 rings (SSSR count). The number of fused-ring (bicyclic) bond motifs is 1. The molecule has 0 N–H and O–H groups in total. The Morgan fingerprint density at radius 1 is 0.857 bits per heavy atom. The highest BCUT2D eigenvalue weighted by molar-refractivity contribution is 5.89. The molecule has 1 aromatic heterocycles. The maximum absolute atomic E-state index is 13.2. The minimum absolute atomic E-state index is 0.303. The summed E-state index contributed by atoms with van der Waals surface area (Å²) < 4.78 is 44.9. The first kappa shape index (κ1) is 18.3. The Kier molecular flexibility index (Phi) is 4.70. The molecule has 2 heterocycles. The van der Waals surface area contributed by atoms with E-state index in [-0.39, 0.29) is 0 Å². The first-order valence-corrected chi connectivity index (χ1v) is 8.93. The number of benzene rings is 2.